The molecule has 5 heteroatoms. The average Bonchev–Trinajstić information content (AvgIpc) is 2.74. The summed E-state index contributed by atoms with van der Waals surface area (Å²) in [4.78, 5) is 13.8. The van der Waals surface area contributed by atoms with Crippen LogP contribution in [0.1, 0.15) is 12.8 Å². The van der Waals surface area contributed by atoms with Crippen LogP contribution in [0.4, 0.5) is 5.69 Å². The van der Waals surface area contributed by atoms with Crippen molar-refractivity contribution in [3.8, 4) is 0 Å². The molecule has 3 nitrogen and oxygen atoms in total. The van der Waals surface area contributed by atoms with Crippen molar-refractivity contribution in [3.05, 3.63) is 29.3 Å². The molecule has 1 heterocycles. The zero-order valence-corrected chi connectivity index (χ0v) is 11.1. The lowest BCUT2D eigenvalue weighted by Crippen LogP contribution is -2.30. The third kappa shape index (κ3) is 4.54. The van der Waals surface area contributed by atoms with Crippen molar-refractivity contribution in [1.29, 1.82) is 0 Å². The Morgan fingerprint density at radius 3 is 2.41 bits per heavy atom. The molecule has 0 spiro atoms. The number of rotatable bonds is 3. The zero-order valence-electron chi connectivity index (χ0n) is 9.49. The summed E-state index contributed by atoms with van der Waals surface area (Å²) in [6.45, 7) is 2.56. The van der Waals surface area contributed by atoms with Crippen LogP contribution in [-0.4, -0.2) is 30.4 Å². The molecule has 1 saturated heterocycles. The summed E-state index contributed by atoms with van der Waals surface area (Å²) in [6, 6.07) is 7.16. The molecule has 0 atom stereocenters. The standard InChI is InChI=1S/C12H15ClN2O.ClH/c13-10-3-5-11(6-4-10)14-12(16)9-15-7-1-2-8-15;/h3-6H,1-2,7-9H2,(H,14,16);1H. The predicted octanol–water partition coefficient (Wildman–Crippen LogP) is 2.80. The number of carbonyl (C=O) groups is 1. The number of anilines is 1. The van der Waals surface area contributed by atoms with E-state index in [0.717, 1.165) is 18.8 Å². The molecule has 1 fully saturated rings. The topological polar surface area (TPSA) is 32.3 Å². The van der Waals surface area contributed by atoms with Crippen molar-refractivity contribution in [2.45, 2.75) is 12.8 Å². The number of halogens is 2. The maximum Gasteiger partial charge on any atom is 0.238 e. The number of hydrogen-bond acceptors (Lipinski definition) is 2. The van der Waals surface area contributed by atoms with E-state index in [1.54, 1.807) is 12.1 Å². The lowest BCUT2D eigenvalue weighted by molar-refractivity contribution is -0.117. The molecule has 0 saturated carbocycles. The van der Waals surface area contributed by atoms with Crippen LogP contribution in [0.5, 0.6) is 0 Å². The highest BCUT2D eigenvalue weighted by Gasteiger charge is 2.14. The first-order valence-electron chi connectivity index (χ1n) is 5.52. The van der Waals surface area contributed by atoms with Gasteiger partial charge < -0.3 is 5.32 Å². The van der Waals surface area contributed by atoms with Crippen molar-refractivity contribution in [2.24, 2.45) is 0 Å². The minimum atomic E-state index is 0. The van der Waals surface area contributed by atoms with Crippen LogP contribution in [0.25, 0.3) is 0 Å². The smallest absolute Gasteiger partial charge is 0.238 e. The van der Waals surface area contributed by atoms with E-state index in [4.69, 9.17) is 11.6 Å². The Morgan fingerprint density at radius 2 is 1.82 bits per heavy atom. The molecule has 1 aromatic carbocycles. The minimum absolute atomic E-state index is 0. The van der Waals surface area contributed by atoms with Gasteiger partial charge in [0.1, 0.15) is 0 Å². The second-order valence-corrected chi connectivity index (χ2v) is 4.47. The third-order valence-corrected chi connectivity index (χ3v) is 2.95. The monoisotopic (exact) mass is 274 g/mol. The molecule has 1 aromatic rings. The van der Waals surface area contributed by atoms with Gasteiger partial charge in [0, 0.05) is 10.7 Å². The van der Waals surface area contributed by atoms with Crippen molar-refractivity contribution in [1.82, 2.24) is 4.90 Å². The summed E-state index contributed by atoms with van der Waals surface area (Å²) < 4.78 is 0. The Balaban J connectivity index is 0.00000144. The van der Waals surface area contributed by atoms with E-state index < -0.39 is 0 Å². The molecule has 94 valence electrons. The Morgan fingerprint density at radius 1 is 1.24 bits per heavy atom. The van der Waals surface area contributed by atoms with Crippen LogP contribution in [0.15, 0.2) is 24.3 Å². The normalized spacial score (nSPS) is 15.4. The van der Waals surface area contributed by atoms with Crippen molar-refractivity contribution < 1.29 is 4.79 Å². The molecule has 0 aromatic heterocycles. The summed E-state index contributed by atoms with van der Waals surface area (Å²) in [5.41, 5.74) is 0.800. The molecule has 0 unspecified atom stereocenters. The van der Waals surface area contributed by atoms with Gasteiger partial charge in [0.2, 0.25) is 5.91 Å². The van der Waals surface area contributed by atoms with Crippen LogP contribution in [-0.2, 0) is 4.79 Å². The number of carbonyl (C=O) groups excluding carboxylic acids is 1. The quantitative estimate of drug-likeness (QED) is 0.920. The molecule has 1 aliphatic rings. The van der Waals surface area contributed by atoms with Gasteiger partial charge in [-0.15, -0.1) is 12.4 Å². The van der Waals surface area contributed by atoms with Gasteiger partial charge in [0.25, 0.3) is 0 Å². The van der Waals surface area contributed by atoms with Crippen LogP contribution in [0.3, 0.4) is 0 Å². The van der Waals surface area contributed by atoms with Crippen LogP contribution in [0.2, 0.25) is 5.02 Å². The summed E-state index contributed by atoms with van der Waals surface area (Å²) in [7, 11) is 0. The Bertz CT molecular complexity index is 361. The maximum atomic E-state index is 11.7. The fraction of sp³-hybridized carbons (Fsp3) is 0.417. The van der Waals surface area contributed by atoms with Crippen molar-refractivity contribution in [3.63, 3.8) is 0 Å². The molecule has 0 radical (unpaired) electrons. The van der Waals surface area contributed by atoms with Crippen LogP contribution >= 0.6 is 24.0 Å². The Labute approximate surface area is 113 Å². The van der Waals surface area contributed by atoms with E-state index in [0.29, 0.717) is 11.6 Å². The van der Waals surface area contributed by atoms with Crippen molar-refractivity contribution >= 4 is 35.6 Å². The fourth-order valence-corrected chi connectivity index (χ4v) is 2.00. The zero-order chi connectivity index (χ0) is 11.4. The molecular formula is C12H16Cl2N2O. The second kappa shape index (κ2) is 6.84. The minimum Gasteiger partial charge on any atom is -0.325 e. The number of likely N-dealkylation sites (tertiary alicyclic amines) is 1. The molecule has 17 heavy (non-hydrogen) atoms. The highest BCUT2D eigenvalue weighted by atomic mass is 35.5. The van der Waals surface area contributed by atoms with E-state index >= 15 is 0 Å². The number of nitrogens with one attached hydrogen (secondary N) is 1. The Kier molecular flexibility index (Phi) is 5.75. The molecular weight excluding hydrogens is 259 g/mol. The molecule has 1 amide bonds. The summed E-state index contributed by atoms with van der Waals surface area (Å²) >= 11 is 5.76. The van der Waals surface area contributed by atoms with Gasteiger partial charge in [-0.05, 0) is 50.2 Å². The maximum absolute atomic E-state index is 11.7. The number of amides is 1. The molecule has 0 bridgehead atoms. The van der Waals surface area contributed by atoms with Gasteiger partial charge in [-0.25, -0.2) is 0 Å². The number of hydrogen-bond donors (Lipinski definition) is 1. The molecule has 1 N–H and O–H groups in total. The lowest BCUT2D eigenvalue weighted by Gasteiger charge is -2.13. The lowest BCUT2D eigenvalue weighted by atomic mass is 10.3. The summed E-state index contributed by atoms with van der Waals surface area (Å²) in [5, 5.41) is 3.54. The van der Waals surface area contributed by atoms with Gasteiger partial charge in [0.05, 0.1) is 6.54 Å². The molecule has 0 aliphatic carbocycles. The predicted molar refractivity (Wildman–Crippen MR) is 73.0 cm³/mol. The summed E-state index contributed by atoms with van der Waals surface area (Å²) in [6.07, 6.45) is 2.41. The van der Waals surface area contributed by atoms with Gasteiger partial charge in [0.15, 0.2) is 0 Å². The third-order valence-electron chi connectivity index (χ3n) is 2.69. The van der Waals surface area contributed by atoms with Gasteiger partial charge >= 0.3 is 0 Å². The highest BCUT2D eigenvalue weighted by molar-refractivity contribution is 6.30. The second-order valence-electron chi connectivity index (χ2n) is 4.04. The SMILES string of the molecule is Cl.O=C(CN1CCCC1)Nc1ccc(Cl)cc1. The largest absolute Gasteiger partial charge is 0.325 e. The van der Waals surface area contributed by atoms with E-state index in [-0.39, 0.29) is 18.3 Å². The van der Waals surface area contributed by atoms with E-state index in [1.807, 2.05) is 12.1 Å². The molecule has 1 aliphatic heterocycles. The van der Waals surface area contributed by atoms with E-state index in [1.165, 1.54) is 12.8 Å². The first-order valence-corrected chi connectivity index (χ1v) is 5.89. The first kappa shape index (κ1) is 14.3. The number of nitrogens with zero attached hydrogens (tertiary/aromatic N) is 1. The average molecular weight is 275 g/mol. The Hall–Kier alpha value is -0.770. The van der Waals surface area contributed by atoms with Gasteiger partial charge in [-0.3, -0.25) is 9.69 Å². The first-order chi connectivity index (χ1) is 7.74. The van der Waals surface area contributed by atoms with Gasteiger partial charge in [-0.2, -0.15) is 0 Å². The van der Waals surface area contributed by atoms with E-state index in [2.05, 4.69) is 10.2 Å². The summed E-state index contributed by atoms with van der Waals surface area (Å²) in [5.74, 6) is 0.0456. The highest BCUT2D eigenvalue weighted by Crippen LogP contribution is 2.13. The van der Waals surface area contributed by atoms with Crippen LogP contribution < -0.4 is 5.32 Å². The van der Waals surface area contributed by atoms with E-state index in [9.17, 15) is 4.79 Å². The number of benzene rings is 1. The van der Waals surface area contributed by atoms with Crippen molar-refractivity contribution in [2.75, 3.05) is 25.0 Å². The van der Waals surface area contributed by atoms with Gasteiger partial charge in [-0.1, -0.05) is 11.6 Å². The fourth-order valence-electron chi connectivity index (χ4n) is 1.88. The van der Waals surface area contributed by atoms with Crippen LogP contribution in [0, 0.1) is 0 Å². The molecule has 2 rings (SSSR count).